The highest BCUT2D eigenvalue weighted by Crippen LogP contribution is 2.26. The van der Waals surface area contributed by atoms with E-state index in [9.17, 15) is 4.79 Å². The van der Waals surface area contributed by atoms with E-state index in [1.165, 1.54) is 0 Å². The minimum absolute atomic E-state index is 0.247. The number of ether oxygens (including phenoxy) is 1. The minimum Gasteiger partial charge on any atom is -0.481 e. The van der Waals surface area contributed by atoms with Gasteiger partial charge in [-0.25, -0.2) is 0 Å². The largest absolute Gasteiger partial charge is 0.481 e. The topological polar surface area (TPSA) is 38.3 Å². The number of rotatable bonds is 5. The van der Waals surface area contributed by atoms with Crippen LogP contribution in [-0.2, 0) is 4.79 Å². The molecule has 0 heterocycles. The third kappa shape index (κ3) is 5.03. The van der Waals surface area contributed by atoms with Crippen molar-refractivity contribution in [2.75, 3.05) is 0 Å². The van der Waals surface area contributed by atoms with Crippen LogP contribution in [0.25, 0.3) is 0 Å². The smallest absolute Gasteiger partial charge is 0.261 e. The molecule has 0 fully saturated rings. The molecule has 0 aliphatic heterocycles. The van der Waals surface area contributed by atoms with Crippen LogP contribution in [0.3, 0.4) is 0 Å². The first-order chi connectivity index (χ1) is 10.9. The van der Waals surface area contributed by atoms with Gasteiger partial charge >= 0.3 is 0 Å². The number of amides is 1. The third-order valence-electron chi connectivity index (χ3n) is 3.27. The summed E-state index contributed by atoms with van der Waals surface area (Å²) in [6.45, 7) is 3.52. The van der Waals surface area contributed by atoms with Gasteiger partial charge in [0.25, 0.3) is 5.91 Å². The van der Waals surface area contributed by atoms with Crippen LogP contribution in [0.4, 0.5) is 0 Å². The van der Waals surface area contributed by atoms with Crippen LogP contribution < -0.4 is 10.1 Å². The van der Waals surface area contributed by atoms with Crippen LogP contribution >= 0.6 is 34.8 Å². The summed E-state index contributed by atoms with van der Waals surface area (Å²) in [4.78, 5) is 12.3. The summed E-state index contributed by atoms with van der Waals surface area (Å²) in [5, 5.41) is 4.48. The predicted molar refractivity (Wildman–Crippen MR) is 94.6 cm³/mol. The van der Waals surface area contributed by atoms with Crippen LogP contribution in [0.2, 0.25) is 15.1 Å². The maximum absolute atomic E-state index is 12.3. The lowest BCUT2D eigenvalue weighted by molar-refractivity contribution is -0.127. The fourth-order valence-electron chi connectivity index (χ4n) is 2.06. The summed E-state index contributed by atoms with van der Waals surface area (Å²) < 4.78 is 5.59. The predicted octanol–water partition coefficient (Wildman–Crippen LogP) is 5.29. The first kappa shape index (κ1) is 17.9. The van der Waals surface area contributed by atoms with E-state index in [0.717, 1.165) is 5.56 Å². The second-order valence-electron chi connectivity index (χ2n) is 5.11. The van der Waals surface area contributed by atoms with Crippen molar-refractivity contribution in [1.29, 1.82) is 0 Å². The van der Waals surface area contributed by atoms with Crippen molar-refractivity contribution in [2.45, 2.75) is 26.0 Å². The van der Waals surface area contributed by atoms with E-state index in [4.69, 9.17) is 39.5 Å². The highest BCUT2D eigenvalue weighted by Gasteiger charge is 2.19. The zero-order valence-electron chi connectivity index (χ0n) is 12.6. The zero-order valence-corrected chi connectivity index (χ0v) is 14.9. The molecular weight excluding hydrogens is 357 g/mol. The molecule has 0 bridgehead atoms. The number of benzene rings is 2. The zero-order chi connectivity index (χ0) is 17.0. The summed E-state index contributed by atoms with van der Waals surface area (Å²) in [5.41, 5.74) is 0.791. The summed E-state index contributed by atoms with van der Waals surface area (Å²) in [6, 6.07) is 11.8. The maximum atomic E-state index is 12.3. The van der Waals surface area contributed by atoms with Gasteiger partial charge in [0, 0.05) is 15.1 Å². The SMILES string of the molecule is C[C@H](NC(=O)[C@@H](C)Oc1cccc(Cl)c1)c1ccc(Cl)cc1Cl. The molecule has 0 saturated carbocycles. The molecule has 2 atom stereocenters. The van der Waals surface area contributed by atoms with Crippen LogP contribution in [0.1, 0.15) is 25.5 Å². The second-order valence-corrected chi connectivity index (χ2v) is 6.39. The van der Waals surface area contributed by atoms with Crippen molar-refractivity contribution in [3.05, 3.63) is 63.1 Å². The summed E-state index contributed by atoms with van der Waals surface area (Å²) >= 11 is 17.9. The third-order valence-corrected chi connectivity index (χ3v) is 4.06. The van der Waals surface area contributed by atoms with Gasteiger partial charge in [-0.15, -0.1) is 0 Å². The summed E-state index contributed by atoms with van der Waals surface area (Å²) in [7, 11) is 0. The first-order valence-corrected chi connectivity index (χ1v) is 8.17. The van der Waals surface area contributed by atoms with Crippen molar-refractivity contribution >= 4 is 40.7 Å². The van der Waals surface area contributed by atoms with E-state index >= 15 is 0 Å². The molecule has 0 spiro atoms. The average Bonchev–Trinajstić information content (AvgIpc) is 2.46. The summed E-state index contributed by atoms with van der Waals surface area (Å²) in [5.74, 6) is 0.292. The second kappa shape index (κ2) is 7.91. The molecule has 0 aromatic heterocycles. The minimum atomic E-state index is -0.665. The standard InChI is InChI=1S/C17H16Cl3NO2/c1-10(15-7-6-13(19)9-16(15)20)21-17(22)11(2)23-14-5-3-4-12(18)8-14/h3-11H,1-2H3,(H,21,22)/t10-,11+/m0/s1. The molecule has 6 heteroatoms. The number of halogens is 3. The van der Waals surface area contributed by atoms with Crippen LogP contribution in [0.5, 0.6) is 5.75 Å². The van der Waals surface area contributed by atoms with E-state index in [1.54, 1.807) is 49.4 Å². The van der Waals surface area contributed by atoms with Crippen molar-refractivity contribution in [3.63, 3.8) is 0 Å². The van der Waals surface area contributed by atoms with Crippen LogP contribution in [0.15, 0.2) is 42.5 Å². The molecule has 2 aromatic rings. The van der Waals surface area contributed by atoms with E-state index in [2.05, 4.69) is 5.32 Å². The number of hydrogen-bond donors (Lipinski definition) is 1. The molecule has 0 radical (unpaired) electrons. The Hall–Kier alpha value is -1.42. The Morgan fingerprint density at radius 3 is 2.39 bits per heavy atom. The molecule has 0 unspecified atom stereocenters. The lowest BCUT2D eigenvalue weighted by atomic mass is 10.1. The van der Waals surface area contributed by atoms with Gasteiger partial charge in [0.2, 0.25) is 0 Å². The Bertz CT molecular complexity index is 706. The first-order valence-electron chi connectivity index (χ1n) is 7.04. The van der Waals surface area contributed by atoms with Crippen molar-refractivity contribution in [1.82, 2.24) is 5.32 Å². The van der Waals surface area contributed by atoms with Gasteiger partial charge in [-0.05, 0) is 49.7 Å². The monoisotopic (exact) mass is 371 g/mol. The number of hydrogen-bond acceptors (Lipinski definition) is 2. The Morgan fingerprint density at radius 1 is 1.04 bits per heavy atom. The Morgan fingerprint density at radius 2 is 1.74 bits per heavy atom. The van der Waals surface area contributed by atoms with Crippen LogP contribution in [-0.4, -0.2) is 12.0 Å². The average molecular weight is 373 g/mol. The fourth-order valence-corrected chi connectivity index (χ4v) is 2.81. The molecule has 0 aliphatic rings. The molecular formula is C17H16Cl3NO2. The van der Waals surface area contributed by atoms with Gasteiger partial charge in [-0.3, -0.25) is 4.79 Å². The Kier molecular flexibility index (Phi) is 6.17. The van der Waals surface area contributed by atoms with Gasteiger partial charge in [0.05, 0.1) is 6.04 Å². The summed E-state index contributed by atoms with van der Waals surface area (Å²) in [6.07, 6.45) is -0.665. The van der Waals surface area contributed by atoms with Crippen molar-refractivity contribution < 1.29 is 9.53 Å². The van der Waals surface area contributed by atoms with Gasteiger partial charge in [-0.1, -0.05) is 46.9 Å². The van der Waals surface area contributed by atoms with E-state index in [-0.39, 0.29) is 11.9 Å². The molecule has 2 rings (SSSR count). The van der Waals surface area contributed by atoms with E-state index < -0.39 is 6.10 Å². The van der Waals surface area contributed by atoms with Crippen LogP contribution in [0, 0.1) is 0 Å². The van der Waals surface area contributed by atoms with Gasteiger partial charge in [0.15, 0.2) is 6.10 Å². The molecule has 2 aromatic carbocycles. The maximum Gasteiger partial charge on any atom is 0.261 e. The van der Waals surface area contributed by atoms with Crippen molar-refractivity contribution in [2.24, 2.45) is 0 Å². The van der Waals surface area contributed by atoms with Crippen molar-refractivity contribution in [3.8, 4) is 5.75 Å². The molecule has 122 valence electrons. The number of carbonyl (C=O) groups is 1. The van der Waals surface area contributed by atoms with Gasteiger partial charge < -0.3 is 10.1 Å². The lowest BCUT2D eigenvalue weighted by Crippen LogP contribution is -2.37. The highest BCUT2D eigenvalue weighted by atomic mass is 35.5. The highest BCUT2D eigenvalue weighted by molar-refractivity contribution is 6.35. The van der Waals surface area contributed by atoms with E-state index in [0.29, 0.717) is 20.8 Å². The molecule has 0 saturated heterocycles. The lowest BCUT2D eigenvalue weighted by Gasteiger charge is -2.20. The number of carbonyl (C=O) groups excluding carboxylic acids is 1. The van der Waals surface area contributed by atoms with Gasteiger partial charge in [-0.2, -0.15) is 0 Å². The molecule has 0 aliphatic carbocycles. The molecule has 3 nitrogen and oxygen atoms in total. The van der Waals surface area contributed by atoms with Gasteiger partial charge in [0.1, 0.15) is 5.75 Å². The number of nitrogens with one attached hydrogen (secondary N) is 1. The Balaban J connectivity index is 2.00. The van der Waals surface area contributed by atoms with E-state index in [1.807, 2.05) is 6.92 Å². The fraction of sp³-hybridized carbons (Fsp3) is 0.235. The molecule has 23 heavy (non-hydrogen) atoms. The normalized spacial score (nSPS) is 13.3. The Labute approximate surface area is 150 Å². The quantitative estimate of drug-likeness (QED) is 0.774. The molecule has 1 amide bonds. The molecule has 1 N–H and O–H groups in total.